The van der Waals surface area contributed by atoms with Gasteiger partial charge in [-0.05, 0) is 43.7 Å². The molecule has 1 atom stereocenters. The quantitative estimate of drug-likeness (QED) is 0.870. The Balaban J connectivity index is 1.27. The summed E-state index contributed by atoms with van der Waals surface area (Å²) in [7, 11) is 0. The number of likely N-dealkylation sites (tertiary alicyclic amines) is 1. The van der Waals surface area contributed by atoms with Gasteiger partial charge in [0.25, 0.3) is 0 Å². The fourth-order valence-electron chi connectivity index (χ4n) is 4.12. The van der Waals surface area contributed by atoms with Gasteiger partial charge in [0.05, 0.1) is 18.1 Å². The van der Waals surface area contributed by atoms with Crippen molar-refractivity contribution in [2.75, 3.05) is 44.2 Å². The lowest BCUT2D eigenvalue weighted by atomic mass is 9.86. The fraction of sp³-hybridized carbons (Fsp3) is 0.450. The molecular weight excluding hydrogens is 350 g/mol. The summed E-state index contributed by atoms with van der Waals surface area (Å²) < 4.78 is 5.83. The van der Waals surface area contributed by atoms with Gasteiger partial charge in [0, 0.05) is 42.7 Å². The summed E-state index contributed by atoms with van der Waals surface area (Å²) in [6.07, 6.45) is 5.73. The minimum atomic E-state index is 0.232. The van der Waals surface area contributed by atoms with E-state index in [0.717, 1.165) is 49.2 Å². The maximum atomic E-state index is 9.66. The minimum absolute atomic E-state index is 0.232. The van der Waals surface area contributed by atoms with Crippen LogP contribution in [0.15, 0.2) is 42.7 Å². The molecule has 1 aromatic heterocycles. The van der Waals surface area contributed by atoms with Gasteiger partial charge in [-0.3, -0.25) is 9.88 Å². The van der Waals surface area contributed by atoms with Crippen molar-refractivity contribution in [1.82, 2.24) is 9.88 Å². The molecule has 2 fully saturated rings. The topological polar surface area (TPSA) is 48.8 Å². The Kier molecular flexibility index (Phi) is 4.92. The first-order valence-electron chi connectivity index (χ1n) is 9.12. The molecule has 2 aromatic rings. The van der Waals surface area contributed by atoms with Gasteiger partial charge < -0.3 is 14.7 Å². The smallest absolute Gasteiger partial charge is 0.135 e. The van der Waals surface area contributed by atoms with Crippen LogP contribution in [-0.4, -0.2) is 54.3 Å². The highest BCUT2D eigenvalue weighted by atomic mass is 35.5. The van der Waals surface area contributed by atoms with Crippen LogP contribution in [-0.2, 0) is 0 Å². The van der Waals surface area contributed by atoms with Crippen LogP contribution in [0.5, 0.6) is 11.5 Å². The largest absolute Gasteiger partial charge is 0.506 e. The molecule has 26 heavy (non-hydrogen) atoms. The van der Waals surface area contributed by atoms with Gasteiger partial charge in [0.2, 0.25) is 0 Å². The molecule has 1 unspecified atom stereocenters. The van der Waals surface area contributed by atoms with Crippen LogP contribution in [0, 0.1) is 5.41 Å². The SMILES string of the molecule is Oc1cncc(N2CCC3(CCN(CCOc4ccc(Cl)cc4)C3)C2)c1. The third-order valence-corrected chi connectivity index (χ3v) is 5.77. The second kappa shape index (κ2) is 7.33. The molecule has 1 spiro atoms. The van der Waals surface area contributed by atoms with E-state index < -0.39 is 0 Å². The first-order chi connectivity index (χ1) is 12.6. The van der Waals surface area contributed by atoms with E-state index in [-0.39, 0.29) is 5.75 Å². The lowest BCUT2D eigenvalue weighted by Crippen LogP contribution is -2.32. The van der Waals surface area contributed by atoms with Gasteiger partial charge in [0.1, 0.15) is 18.1 Å². The van der Waals surface area contributed by atoms with Crippen molar-refractivity contribution in [3.05, 3.63) is 47.7 Å². The molecule has 2 saturated heterocycles. The van der Waals surface area contributed by atoms with Crippen molar-refractivity contribution < 1.29 is 9.84 Å². The molecule has 138 valence electrons. The van der Waals surface area contributed by atoms with Crippen LogP contribution in [0.1, 0.15) is 12.8 Å². The fourth-order valence-corrected chi connectivity index (χ4v) is 4.25. The number of hydrogen-bond acceptors (Lipinski definition) is 5. The van der Waals surface area contributed by atoms with Crippen LogP contribution in [0.25, 0.3) is 0 Å². The molecule has 2 aliphatic rings. The maximum absolute atomic E-state index is 9.66. The zero-order valence-corrected chi connectivity index (χ0v) is 15.5. The van der Waals surface area contributed by atoms with Crippen LogP contribution >= 0.6 is 11.6 Å². The van der Waals surface area contributed by atoms with Crippen molar-refractivity contribution in [2.24, 2.45) is 5.41 Å². The number of hydrogen-bond donors (Lipinski definition) is 1. The minimum Gasteiger partial charge on any atom is -0.506 e. The van der Waals surface area contributed by atoms with E-state index in [4.69, 9.17) is 16.3 Å². The Morgan fingerprint density at radius 1 is 1.12 bits per heavy atom. The molecule has 0 saturated carbocycles. The summed E-state index contributed by atoms with van der Waals surface area (Å²) in [5.41, 5.74) is 1.37. The lowest BCUT2D eigenvalue weighted by molar-refractivity contribution is 0.218. The van der Waals surface area contributed by atoms with E-state index in [0.29, 0.717) is 12.0 Å². The highest BCUT2D eigenvalue weighted by molar-refractivity contribution is 6.30. The maximum Gasteiger partial charge on any atom is 0.135 e. The van der Waals surface area contributed by atoms with Gasteiger partial charge in [0.15, 0.2) is 0 Å². The first kappa shape index (κ1) is 17.4. The Hall–Kier alpha value is -1.98. The summed E-state index contributed by atoms with van der Waals surface area (Å²) in [4.78, 5) is 8.95. The Morgan fingerprint density at radius 3 is 2.73 bits per heavy atom. The molecule has 0 aliphatic carbocycles. The summed E-state index contributed by atoms with van der Waals surface area (Å²) in [6.45, 7) is 5.93. The number of ether oxygens (including phenoxy) is 1. The third-order valence-electron chi connectivity index (χ3n) is 5.52. The van der Waals surface area contributed by atoms with Crippen molar-refractivity contribution in [3.63, 3.8) is 0 Å². The van der Waals surface area contributed by atoms with E-state index in [1.54, 1.807) is 6.07 Å². The van der Waals surface area contributed by atoms with Gasteiger partial charge in [-0.15, -0.1) is 0 Å². The van der Waals surface area contributed by atoms with E-state index in [2.05, 4.69) is 14.8 Å². The standard InChI is InChI=1S/C20H24ClN3O2/c21-16-1-3-19(4-2-16)26-10-9-23-7-5-20(14-23)6-8-24(15-20)17-11-18(25)13-22-12-17/h1-4,11-13,25H,5-10,14-15H2. The molecule has 0 radical (unpaired) electrons. The number of nitrogens with zero attached hydrogens (tertiary/aromatic N) is 3. The zero-order chi connectivity index (χ0) is 18.0. The highest BCUT2D eigenvalue weighted by Gasteiger charge is 2.43. The molecule has 0 amide bonds. The van der Waals surface area contributed by atoms with Gasteiger partial charge >= 0.3 is 0 Å². The second-order valence-electron chi connectivity index (χ2n) is 7.40. The van der Waals surface area contributed by atoms with Crippen molar-refractivity contribution >= 4 is 17.3 Å². The summed E-state index contributed by atoms with van der Waals surface area (Å²) >= 11 is 5.90. The van der Waals surface area contributed by atoms with E-state index in [1.165, 1.54) is 19.0 Å². The Morgan fingerprint density at radius 2 is 1.92 bits per heavy atom. The molecular formula is C20H24ClN3O2. The highest BCUT2D eigenvalue weighted by Crippen LogP contribution is 2.41. The van der Waals surface area contributed by atoms with Crippen molar-refractivity contribution in [1.29, 1.82) is 0 Å². The molecule has 1 aromatic carbocycles. The molecule has 1 N–H and O–H groups in total. The molecule has 0 bridgehead atoms. The van der Waals surface area contributed by atoms with E-state index >= 15 is 0 Å². The number of aromatic nitrogens is 1. The van der Waals surface area contributed by atoms with E-state index in [1.807, 2.05) is 30.5 Å². The number of anilines is 1. The normalized spacial score (nSPS) is 23.0. The number of pyridine rings is 1. The van der Waals surface area contributed by atoms with Gasteiger partial charge in [-0.2, -0.15) is 0 Å². The number of halogens is 1. The molecule has 5 nitrogen and oxygen atoms in total. The number of aromatic hydroxyl groups is 1. The molecule has 2 aliphatic heterocycles. The van der Waals surface area contributed by atoms with Crippen LogP contribution in [0.3, 0.4) is 0 Å². The predicted molar refractivity (Wildman–Crippen MR) is 103 cm³/mol. The molecule has 3 heterocycles. The van der Waals surface area contributed by atoms with Crippen molar-refractivity contribution in [3.8, 4) is 11.5 Å². The van der Waals surface area contributed by atoms with Crippen molar-refractivity contribution in [2.45, 2.75) is 12.8 Å². The average Bonchev–Trinajstić information content (AvgIpc) is 3.24. The first-order valence-corrected chi connectivity index (χ1v) is 9.49. The predicted octanol–water partition coefficient (Wildman–Crippen LogP) is 3.42. The summed E-state index contributed by atoms with van der Waals surface area (Å²) in [6, 6.07) is 9.33. The second-order valence-corrected chi connectivity index (χ2v) is 7.84. The van der Waals surface area contributed by atoms with Gasteiger partial charge in [-0.25, -0.2) is 0 Å². The van der Waals surface area contributed by atoms with Crippen LogP contribution in [0.4, 0.5) is 5.69 Å². The number of rotatable bonds is 5. The summed E-state index contributed by atoms with van der Waals surface area (Å²) in [5, 5.41) is 10.4. The van der Waals surface area contributed by atoms with Crippen LogP contribution in [0.2, 0.25) is 5.02 Å². The van der Waals surface area contributed by atoms with Crippen LogP contribution < -0.4 is 9.64 Å². The van der Waals surface area contributed by atoms with E-state index in [9.17, 15) is 5.11 Å². The lowest BCUT2D eigenvalue weighted by Gasteiger charge is -2.25. The monoisotopic (exact) mass is 373 g/mol. The summed E-state index contributed by atoms with van der Waals surface area (Å²) in [5.74, 6) is 1.10. The zero-order valence-electron chi connectivity index (χ0n) is 14.8. The Bertz CT molecular complexity index is 755. The van der Waals surface area contributed by atoms with Gasteiger partial charge in [-0.1, -0.05) is 11.6 Å². The molecule has 4 rings (SSSR count). The third kappa shape index (κ3) is 3.89. The molecule has 6 heteroatoms. The average molecular weight is 374 g/mol. The Labute approximate surface area is 159 Å². The number of benzene rings is 1.